The number of carbonyl (C=O) groups excluding carboxylic acids is 1. The first-order valence-corrected chi connectivity index (χ1v) is 10.6. The molecular formula is C23H33ClN2O4. The summed E-state index contributed by atoms with van der Waals surface area (Å²) < 4.78 is 12.5. The summed E-state index contributed by atoms with van der Waals surface area (Å²) in [5, 5.41) is 9.90. The smallest absolute Gasteiger partial charge is 0.179 e. The van der Waals surface area contributed by atoms with Crippen molar-refractivity contribution >= 4 is 17.4 Å². The monoisotopic (exact) mass is 436 g/mol. The zero-order valence-electron chi connectivity index (χ0n) is 18.3. The molecule has 0 aliphatic heterocycles. The van der Waals surface area contributed by atoms with E-state index in [1.165, 1.54) is 0 Å². The van der Waals surface area contributed by atoms with E-state index in [4.69, 9.17) is 26.8 Å². The molecule has 0 saturated heterocycles. The van der Waals surface area contributed by atoms with Crippen LogP contribution in [0.5, 0.6) is 11.5 Å². The van der Waals surface area contributed by atoms with E-state index in [0.717, 1.165) is 30.5 Å². The summed E-state index contributed by atoms with van der Waals surface area (Å²) in [4.78, 5) is 12.7. The summed E-state index contributed by atoms with van der Waals surface area (Å²) in [6.45, 7) is 1.70. The second kappa shape index (κ2) is 10.8. The van der Waals surface area contributed by atoms with Crippen LogP contribution in [0.3, 0.4) is 0 Å². The molecule has 30 heavy (non-hydrogen) atoms. The minimum atomic E-state index is -0.665. The molecule has 0 bridgehead atoms. The molecule has 0 saturated carbocycles. The number of aliphatic hydroxyl groups is 1. The van der Waals surface area contributed by atoms with E-state index >= 15 is 0 Å². The van der Waals surface area contributed by atoms with E-state index in [9.17, 15) is 9.90 Å². The molecular weight excluding hydrogens is 404 g/mol. The average molecular weight is 437 g/mol. The van der Waals surface area contributed by atoms with Crippen LogP contribution in [-0.2, 0) is 19.9 Å². The first-order valence-electron chi connectivity index (χ1n) is 10.2. The van der Waals surface area contributed by atoms with Crippen LogP contribution in [0.2, 0.25) is 5.02 Å². The van der Waals surface area contributed by atoms with Crippen LogP contribution in [0.4, 0.5) is 0 Å². The number of benzene rings is 1. The molecule has 7 heteroatoms. The fourth-order valence-corrected chi connectivity index (χ4v) is 3.75. The predicted octanol–water partition coefficient (Wildman–Crippen LogP) is 3.93. The first kappa shape index (κ1) is 24.3. The molecule has 0 aliphatic rings. The fraction of sp³-hybridized carbons (Fsp3) is 0.522. The molecule has 0 radical (unpaired) electrons. The fourth-order valence-electron chi connectivity index (χ4n) is 3.42. The summed E-state index contributed by atoms with van der Waals surface area (Å²) in [6.07, 6.45) is 4.20. The van der Waals surface area contributed by atoms with E-state index in [2.05, 4.69) is 0 Å². The minimum Gasteiger partial charge on any atom is -0.493 e. The van der Waals surface area contributed by atoms with Gasteiger partial charge < -0.3 is 24.9 Å². The number of ether oxygens (including phenoxy) is 2. The van der Waals surface area contributed by atoms with Crippen LogP contribution >= 0.6 is 11.6 Å². The summed E-state index contributed by atoms with van der Waals surface area (Å²) >= 11 is 6.36. The number of hydrogen-bond donors (Lipinski definition) is 2. The number of nitrogens with zero attached hydrogens (tertiary/aromatic N) is 1. The van der Waals surface area contributed by atoms with Crippen LogP contribution in [0.15, 0.2) is 24.3 Å². The topological polar surface area (TPSA) is 86.7 Å². The van der Waals surface area contributed by atoms with Gasteiger partial charge in [0.15, 0.2) is 17.3 Å². The summed E-state index contributed by atoms with van der Waals surface area (Å²) in [5.74, 6) is 1.50. The van der Waals surface area contributed by atoms with Gasteiger partial charge in [0, 0.05) is 24.7 Å². The van der Waals surface area contributed by atoms with Crippen molar-refractivity contribution in [2.75, 3.05) is 20.8 Å². The lowest BCUT2D eigenvalue weighted by Gasteiger charge is -2.21. The Balaban J connectivity index is 1.90. The molecule has 0 fully saturated rings. The molecule has 1 unspecified atom stereocenters. The Labute approximate surface area is 183 Å². The van der Waals surface area contributed by atoms with Crippen molar-refractivity contribution in [2.24, 2.45) is 12.8 Å². The minimum absolute atomic E-state index is 0.0793. The van der Waals surface area contributed by atoms with Crippen molar-refractivity contribution in [1.82, 2.24) is 4.57 Å². The highest BCUT2D eigenvalue weighted by Crippen LogP contribution is 2.28. The van der Waals surface area contributed by atoms with Crippen molar-refractivity contribution in [3.8, 4) is 11.5 Å². The Morgan fingerprint density at radius 3 is 2.50 bits per heavy atom. The lowest BCUT2D eigenvalue weighted by molar-refractivity contribution is 0.0971. The zero-order valence-corrected chi connectivity index (χ0v) is 19.1. The Hall–Kier alpha value is -2.02. The maximum absolute atomic E-state index is 12.7. The Kier molecular flexibility index (Phi) is 8.77. The van der Waals surface area contributed by atoms with Crippen molar-refractivity contribution in [1.29, 1.82) is 0 Å². The van der Waals surface area contributed by atoms with Gasteiger partial charge in [-0.1, -0.05) is 17.7 Å². The largest absolute Gasteiger partial charge is 0.493 e. The number of aryl methyl sites for hydroxylation is 1. The Morgan fingerprint density at radius 2 is 1.87 bits per heavy atom. The van der Waals surface area contributed by atoms with E-state index in [-0.39, 0.29) is 12.4 Å². The quantitative estimate of drug-likeness (QED) is 0.389. The van der Waals surface area contributed by atoms with Gasteiger partial charge >= 0.3 is 0 Å². The van der Waals surface area contributed by atoms with Gasteiger partial charge in [0.1, 0.15) is 0 Å². The van der Waals surface area contributed by atoms with Crippen LogP contribution in [0.25, 0.3) is 0 Å². The molecule has 1 heterocycles. The van der Waals surface area contributed by atoms with Crippen LogP contribution < -0.4 is 15.2 Å². The number of unbranched alkanes of at least 4 members (excludes halogenated alkanes) is 1. The number of ketones is 1. The predicted molar refractivity (Wildman–Crippen MR) is 120 cm³/mol. The van der Waals surface area contributed by atoms with Crippen molar-refractivity contribution in [3.63, 3.8) is 0 Å². The molecule has 6 nitrogen and oxygen atoms in total. The lowest BCUT2D eigenvalue weighted by atomic mass is 9.97. The van der Waals surface area contributed by atoms with E-state index in [0.29, 0.717) is 41.5 Å². The number of hydrogen-bond acceptors (Lipinski definition) is 5. The standard InChI is InChI=1S/C23H33ClN2O4/c1-23(25,15-27)12-11-18-17(24)14-19(26(18)2)20(28)8-6-5-7-16-9-10-21(29-3)22(13-16)30-4/h9-10,13-14,27H,5-8,11-12,15,25H2,1-4H3. The SMILES string of the molecule is COc1ccc(CCCCC(=O)c2cc(Cl)c(CCC(C)(N)CO)n2C)cc1OC. The third-order valence-electron chi connectivity index (χ3n) is 5.45. The highest BCUT2D eigenvalue weighted by Gasteiger charge is 2.21. The van der Waals surface area contributed by atoms with E-state index in [1.54, 1.807) is 27.2 Å². The van der Waals surface area contributed by atoms with Gasteiger partial charge in [0.25, 0.3) is 0 Å². The molecule has 1 atom stereocenters. The third-order valence-corrected chi connectivity index (χ3v) is 5.78. The van der Waals surface area contributed by atoms with Gasteiger partial charge in [-0.2, -0.15) is 0 Å². The summed E-state index contributed by atoms with van der Waals surface area (Å²) in [6, 6.07) is 7.63. The number of halogens is 1. The zero-order chi connectivity index (χ0) is 22.3. The van der Waals surface area contributed by atoms with Gasteiger partial charge in [0.2, 0.25) is 0 Å². The Bertz CT molecular complexity index is 861. The van der Waals surface area contributed by atoms with Crippen LogP contribution in [-0.4, -0.2) is 41.8 Å². The molecule has 0 spiro atoms. The van der Waals surface area contributed by atoms with E-state index in [1.807, 2.05) is 29.8 Å². The summed E-state index contributed by atoms with van der Waals surface area (Å²) in [7, 11) is 5.09. The number of methoxy groups -OCH3 is 2. The molecule has 2 aromatic rings. The maximum Gasteiger partial charge on any atom is 0.179 e. The second-order valence-corrected chi connectivity index (χ2v) is 8.42. The van der Waals surface area contributed by atoms with Crippen molar-refractivity contribution in [3.05, 3.63) is 46.2 Å². The maximum atomic E-state index is 12.7. The van der Waals surface area contributed by atoms with E-state index < -0.39 is 5.54 Å². The highest BCUT2D eigenvalue weighted by molar-refractivity contribution is 6.31. The first-order chi connectivity index (χ1) is 14.2. The average Bonchev–Trinajstić information content (AvgIpc) is 3.02. The summed E-state index contributed by atoms with van der Waals surface area (Å²) in [5.41, 5.74) is 7.98. The molecule has 166 valence electrons. The molecule has 0 amide bonds. The number of Topliss-reactive ketones (excluding diaryl/α,β-unsaturated/α-hetero) is 1. The number of carbonyl (C=O) groups is 1. The number of aromatic nitrogens is 1. The van der Waals surface area contributed by atoms with Crippen molar-refractivity contribution < 1.29 is 19.4 Å². The van der Waals surface area contributed by atoms with Gasteiger partial charge in [-0.3, -0.25) is 4.79 Å². The van der Waals surface area contributed by atoms with Crippen molar-refractivity contribution in [2.45, 2.75) is 51.0 Å². The number of nitrogens with two attached hydrogens (primary N) is 1. The van der Waals surface area contributed by atoms with Gasteiger partial charge in [-0.25, -0.2) is 0 Å². The van der Waals surface area contributed by atoms with Crippen LogP contribution in [0.1, 0.15) is 54.4 Å². The lowest BCUT2D eigenvalue weighted by Crippen LogP contribution is -2.40. The van der Waals surface area contributed by atoms with Gasteiger partial charge in [-0.15, -0.1) is 0 Å². The molecule has 3 N–H and O–H groups in total. The molecule has 2 rings (SSSR count). The Morgan fingerprint density at radius 1 is 1.17 bits per heavy atom. The number of aliphatic hydroxyl groups excluding tert-OH is 1. The van der Waals surface area contributed by atoms with Crippen LogP contribution in [0, 0.1) is 0 Å². The highest BCUT2D eigenvalue weighted by atomic mass is 35.5. The normalized spacial score (nSPS) is 13.2. The molecule has 1 aromatic carbocycles. The number of rotatable bonds is 12. The molecule has 0 aliphatic carbocycles. The second-order valence-electron chi connectivity index (χ2n) is 8.01. The third kappa shape index (κ3) is 6.24. The van der Waals surface area contributed by atoms with Gasteiger partial charge in [-0.05, 0) is 62.8 Å². The molecule has 1 aromatic heterocycles. The van der Waals surface area contributed by atoms with Gasteiger partial charge in [0.05, 0.1) is 31.5 Å².